The Bertz CT molecular complexity index is 292. The van der Waals surface area contributed by atoms with Crippen molar-refractivity contribution in [2.75, 3.05) is 0 Å². The summed E-state index contributed by atoms with van der Waals surface area (Å²) < 4.78 is 5.65. The first kappa shape index (κ1) is 14.7. The van der Waals surface area contributed by atoms with E-state index >= 15 is 0 Å². The van der Waals surface area contributed by atoms with Crippen LogP contribution in [0.3, 0.4) is 0 Å². The normalized spacial score (nSPS) is 22.3. The molecule has 0 heterocycles. The zero-order valence-electron chi connectivity index (χ0n) is 11.7. The molecule has 1 rings (SSSR count). The first-order chi connectivity index (χ1) is 7.65. The van der Waals surface area contributed by atoms with Gasteiger partial charge in [0.15, 0.2) is 0 Å². The largest absolute Gasteiger partial charge is 0.487 e. The Labute approximate surface area is 105 Å². The third kappa shape index (κ3) is 3.57. The van der Waals surface area contributed by atoms with Crippen LogP contribution < -0.4 is 0 Å². The maximum absolute atomic E-state index is 10.1. The molecule has 1 atom stereocenters. The Kier molecular flexibility index (Phi) is 4.45. The van der Waals surface area contributed by atoms with Gasteiger partial charge >= 0.3 is 7.12 Å². The van der Waals surface area contributed by atoms with Gasteiger partial charge in [0, 0.05) is 0 Å². The third-order valence-corrected chi connectivity index (χ3v) is 3.96. The first-order valence-corrected chi connectivity index (χ1v) is 6.43. The van der Waals surface area contributed by atoms with Crippen LogP contribution in [-0.4, -0.2) is 28.5 Å². The molecule has 0 aromatic heterocycles. The SMILES string of the molecule is CC1CCCC=C1B(O)OC(C)(C)C(C)(C)O. The first-order valence-electron chi connectivity index (χ1n) is 6.43. The minimum absolute atomic E-state index is 0.358. The van der Waals surface area contributed by atoms with Gasteiger partial charge < -0.3 is 14.8 Å². The van der Waals surface area contributed by atoms with E-state index in [4.69, 9.17) is 4.65 Å². The maximum Gasteiger partial charge on any atom is 0.487 e. The van der Waals surface area contributed by atoms with E-state index < -0.39 is 18.3 Å². The van der Waals surface area contributed by atoms with Gasteiger partial charge in [0.05, 0.1) is 11.2 Å². The molecule has 0 radical (unpaired) electrons. The van der Waals surface area contributed by atoms with Crippen LogP contribution in [0.4, 0.5) is 0 Å². The lowest BCUT2D eigenvalue weighted by molar-refractivity contribution is -0.0991. The molecule has 0 aromatic rings. The van der Waals surface area contributed by atoms with E-state index in [2.05, 4.69) is 13.0 Å². The Morgan fingerprint density at radius 3 is 2.41 bits per heavy atom. The summed E-state index contributed by atoms with van der Waals surface area (Å²) in [4.78, 5) is 0. The summed E-state index contributed by atoms with van der Waals surface area (Å²) >= 11 is 0. The summed E-state index contributed by atoms with van der Waals surface area (Å²) in [7, 11) is -0.910. The van der Waals surface area contributed by atoms with Gasteiger partial charge in [-0.25, -0.2) is 0 Å². The minimum Gasteiger partial charge on any atom is -0.423 e. The monoisotopic (exact) mass is 240 g/mol. The summed E-state index contributed by atoms with van der Waals surface area (Å²) in [6.45, 7) is 9.08. The Morgan fingerprint density at radius 1 is 1.35 bits per heavy atom. The molecule has 1 aliphatic rings. The van der Waals surface area contributed by atoms with Gasteiger partial charge in [0.1, 0.15) is 0 Å². The fourth-order valence-corrected chi connectivity index (χ4v) is 1.90. The van der Waals surface area contributed by atoms with Crippen molar-refractivity contribution in [3.63, 3.8) is 0 Å². The van der Waals surface area contributed by atoms with Crippen molar-refractivity contribution in [2.24, 2.45) is 5.92 Å². The van der Waals surface area contributed by atoms with E-state index in [0.717, 1.165) is 18.3 Å². The lowest BCUT2D eigenvalue weighted by atomic mass is 9.66. The molecule has 0 aromatic carbocycles. The summed E-state index contributed by atoms with van der Waals surface area (Å²) in [6, 6.07) is 0. The molecule has 4 heteroatoms. The van der Waals surface area contributed by atoms with Crippen molar-refractivity contribution < 1.29 is 14.8 Å². The quantitative estimate of drug-likeness (QED) is 0.741. The van der Waals surface area contributed by atoms with E-state index in [1.807, 2.05) is 0 Å². The molecular formula is C13H25BO3. The van der Waals surface area contributed by atoms with E-state index in [9.17, 15) is 10.1 Å². The van der Waals surface area contributed by atoms with Crippen LogP contribution in [0.25, 0.3) is 0 Å². The number of rotatable bonds is 4. The second-order valence-corrected chi connectivity index (χ2v) is 6.08. The van der Waals surface area contributed by atoms with Gasteiger partial charge in [-0.2, -0.15) is 0 Å². The molecule has 98 valence electrons. The molecular weight excluding hydrogens is 215 g/mol. The molecule has 0 saturated heterocycles. The molecule has 1 unspecified atom stereocenters. The molecule has 0 spiro atoms. The molecule has 0 bridgehead atoms. The highest BCUT2D eigenvalue weighted by atomic mass is 16.5. The molecule has 2 N–H and O–H groups in total. The average Bonchev–Trinajstić information content (AvgIpc) is 2.15. The molecule has 0 saturated carbocycles. The highest BCUT2D eigenvalue weighted by Crippen LogP contribution is 2.30. The van der Waals surface area contributed by atoms with Gasteiger partial charge in [0.2, 0.25) is 0 Å². The smallest absolute Gasteiger partial charge is 0.423 e. The van der Waals surface area contributed by atoms with Crippen LogP contribution in [0.5, 0.6) is 0 Å². The van der Waals surface area contributed by atoms with Crippen molar-refractivity contribution in [2.45, 2.75) is 65.1 Å². The highest BCUT2D eigenvalue weighted by Gasteiger charge is 2.40. The van der Waals surface area contributed by atoms with Crippen LogP contribution >= 0.6 is 0 Å². The van der Waals surface area contributed by atoms with Gasteiger partial charge in [-0.05, 0) is 58.3 Å². The second kappa shape index (κ2) is 5.13. The fourth-order valence-electron chi connectivity index (χ4n) is 1.90. The van der Waals surface area contributed by atoms with E-state index in [0.29, 0.717) is 5.92 Å². The molecule has 0 aliphatic heterocycles. The number of hydrogen-bond acceptors (Lipinski definition) is 3. The van der Waals surface area contributed by atoms with Crippen molar-refractivity contribution >= 4 is 7.12 Å². The summed E-state index contributed by atoms with van der Waals surface area (Å²) in [5.74, 6) is 0.358. The molecule has 1 aliphatic carbocycles. The van der Waals surface area contributed by atoms with E-state index in [1.165, 1.54) is 6.42 Å². The topological polar surface area (TPSA) is 49.7 Å². The van der Waals surface area contributed by atoms with Crippen LogP contribution in [0.15, 0.2) is 11.5 Å². The van der Waals surface area contributed by atoms with Gasteiger partial charge in [-0.1, -0.05) is 13.0 Å². The zero-order chi connectivity index (χ0) is 13.3. The lowest BCUT2D eigenvalue weighted by Crippen LogP contribution is -2.51. The highest BCUT2D eigenvalue weighted by molar-refractivity contribution is 6.52. The maximum atomic E-state index is 10.1. The van der Waals surface area contributed by atoms with Crippen molar-refractivity contribution in [3.8, 4) is 0 Å². The summed E-state index contributed by atoms with van der Waals surface area (Å²) in [5.41, 5.74) is -0.828. The van der Waals surface area contributed by atoms with Gasteiger partial charge in [-0.15, -0.1) is 0 Å². The van der Waals surface area contributed by atoms with Crippen LogP contribution in [0.2, 0.25) is 0 Å². The molecule has 0 amide bonds. The molecule has 17 heavy (non-hydrogen) atoms. The summed E-state index contributed by atoms with van der Waals surface area (Å²) in [5, 5.41) is 20.1. The number of hydrogen-bond donors (Lipinski definition) is 2. The predicted octanol–water partition coefficient (Wildman–Crippen LogP) is 2.32. The van der Waals surface area contributed by atoms with Crippen LogP contribution in [0, 0.1) is 5.92 Å². The standard InChI is InChI=1S/C13H25BO3/c1-10-8-6-7-9-11(10)14(16)17-13(4,5)12(2,3)15/h9-10,15-16H,6-8H2,1-5H3. The van der Waals surface area contributed by atoms with E-state index in [-0.39, 0.29) is 0 Å². The number of aliphatic hydroxyl groups is 1. The van der Waals surface area contributed by atoms with Crippen LogP contribution in [0.1, 0.15) is 53.9 Å². The van der Waals surface area contributed by atoms with Gasteiger partial charge in [-0.3, -0.25) is 0 Å². The second-order valence-electron chi connectivity index (χ2n) is 6.08. The Balaban J connectivity index is 2.72. The predicted molar refractivity (Wildman–Crippen MR) is 70.5 cm³/mol. The Morgan fingerprint density at radius 2 is 1.94 bits per heavy atom. The lowest BCUT2D eigenvalue weighted by Gasteiger charge is -2.39. The molecule has 3 nitrogen and oxygen atoms in total. The van der Waals surface area contributed by atoms with Crippen molar-refractivity contribution in [3.05, 3.63) is 11.5 Å². The van der Waals surface area contributed by atoms with Gasteiger partial charge in [0.25, 0.3) is 0 Å². The minimum atomic E-state index is -0.994. The third-order valence-electron chi connectivity index (χ3n) is 3.96. The summed E-state index contributed by atoms with van der Waals surface area (Å²) in [6.07, 6.45) is 5.34. The number of allylic oxidation sites excluding steroid dienone is 2. The van der Waals surface area contributed by atoms with E-state index in [1.54, 1.807) is 27.7 Å². The average molecular weight is 240 g/mol. The van der Waals surface area contributed by atoms with Crippen molar-refractivity contribution in [1.29, 1.82) is 0 Å². The Hall–Kier alpha value is -0.315. The molecule has 0 fully saturated rings. The van der Waals surface area contributed by atoms with Crippen molar-refractivity contribution in [1.82, 2.24) is 0 Å². The van der Waals surface area contributed by atoms with Crippen LogP contribution in [-0.2, 0) is 4.65 Å². The fraction of sp³-hybridized carbons (Fsp3) is 0.846. The zero-order valence-corrected chi connectivity index (χ0v) is 11.7.